The van der Waals surface area contributed by atoms with E-state index in [4.69, 9.17) is 0 Å². The molecule has 0 saturated heterocycles. The van der Waals surface area contributed by atoms with Crippen LogP contribution in [-0.2, 0) is 0 Å². The Kier molecular flexibility index (Phi) is 3.82. The van der Waals surface area contributed by atoms with Gasteiger partial charge in [0, 0.05) is 4.32 Å². The molecule has 0 aromatic carbocycles. The molecule has 6 heteroatoms. The molecule has 4 saturated carbocycles. The average molecular weight is 313 g/mol. The fourth-order valence-corrected chi connectivity index (χ4v) is 5.83. The predicted octanol–water partition coefficient (Wildman–Crippen LogP) is 0.0421. The van der Waals surface area contributed by atoms with Gasteiger partial charge in [-0.1, -0.05) is 34.3 Å². The molecule has 0 N–H and O–H groups in total. The van der Waals surface area contributed by atoms with Crippen molar-refractivity contribution in [2.45, 2.75) is 48.4 Å². The Labute approximate surface area is 146 Å². The number of hydrogen-bond acceptors (Lipinski definition) is 2. The van der Waals surface area contributed by atoms with Gasteiger partial charge in [0.15, 0.2) is 0 Å². The van der Waals surface area contributed by atoms with E-state index in [1.165, 1.54) is 19.3 Å². The predicted molar refractivity (Wildman–Crippen MR) is 59.4 cm³/mol. The number of alkyl halides is 1. The molecule has 4 bridgehead atoms. The van der Waals surface area contributed by atoms with Gasteiger partial charge in [0.25, 0.3) is 0 Å². The third-order valence-corrected chi connectivity index (χ3v) is 5.18. The van der Waals surface area contributed by atoms with Crippen molar-refractivity contribution in [2.24, 2.45) is 11.8 Å². The van der Waals surface area contributed by atoms with E-state index < -0.39 is 5.03 Å². The first-order chi connectivity index (χ1) is 6.99. The van der Waals surface area contributed by atoms with Crippen molar-refractivity contribution in [3.63, 3.8) is 0 Å². The molecule has 4 fully saturated rings. The monoisotopic (exact) mass is 312 g/mol. The van der Waals surface area contributed by atoms with Gasteiger partial charge in [0.1, 0.15) is 0 Å². The van der Waals surface area contributed by atoms with Gasteiger partial charge < -0.3 is 5.43 Å². The second-order valence-corrected chi connectivity index (χ2v) is 7.36. The van der Waals surface area contributed by atoms with E-state index in [0.29, 0.717) is 11.8 Å². The standard InChI is InChI=1S/C10H14BrN2O2.K/c11-9-2-7-1-8(3-9)5-10(4-7,6-9)12-13(14)15;/h7-8H,1-6H2;/q-1;+1/t7-,8+,9?,10?;. The molecule has 0 radical (unpaired) electrons. The van der Waals surface area contributed by atoms with Crippen molar-refractivity contribution in [2.75, 3.05) is 0 Å². The van der Waals surface area contributed by atoms with Crippen LogP contribution >= 0.6 is 15.9 Å². The summed E-state index contributed by atoms with van der Waals surface area (Å²) in [6.45, 7) is 0. The fourth-order valence-electron chi connectivity index (χ4n) is 4.39. The normalized spacial score (nSPS) is 48.6. The van der Waals surface area contributed by atoms with Gasteiger partial charge in [-0.25, -0.2) is 0 Å². The Morgan fingerprint density at radius 3 is 2.25 bits per heavy atom. The van der Waals surface area contributed by atoms with E-state index in [0.717, 1.165) is 19.3 Å². The SMILES string of the molecule is O=[N+]([O-])[N-]C12C[C@@H]3C[C@@H](CC(Br)(C3)C1)C2.[K+]. The van der Waals surface area contributed by atoms with Gasteiger partial charge in [0.05, 0.1) is 0 Å². The van der Waals surface area contributed by atoms with E-state index in [9.17, 15) is 10.1 Å². The molecular formula is C10H14BrKN2O2. The summed E-state index contributed by atoms with van der Waals surface area (Å²) in [6, 6.07) is 0. The van der Waals surface area contributed by atoms with E-state index in [1.807, 2.05) is 0 Å². The summed E-state index contributed by atoms with van der Waals surface area (Å²) >= 11 is 3.80. The summed E-state index contributed by atoms with van der Waals surface area (Å²) in [4.78, 5) is 10.6. The first-order valence-corrected chi connectivity index (χ1v) is 6.34. The van der Waals surface area contributed by atoms with Crippen LogP contribution < -0.4 is 51.4 Å². The van der Waals surface area contributed by atoms with E-state index >= 15 is 0 Å². The molecule has 84 valence electrons. The second kappa shape index (κ2) is 4.45. The maximum absolute atomic E-state index is 10.6. The molecular weight excluding hydrogens is 299 g/mol. The number of hydrogen-bond donors (Lipinski definition) is 0. The summed E-state index contributed by atoms with van der Waals surface area (Å²) in [5, 5.41) is 10.1. The van der Waals surface area contributed by atoms with Crippen LogP contribution in [-0.4, -0.2) is 14.9 Å². The number of rotatable bonds is 2. The molecule has 0 aromatic heterocycles. The Hall–Kier alpha value is 1.32. The summed E-state index contributed by atoms with van der Waals surface area (Å²) in [5.41, 5.74) is 3.47. The van der Waals surface area contributed by atoms with Crippen LogP contribution in [0.4, 0.5) is 0 Å². The molecule has 0 amide bonds. The molecule has 16 heavy (non-hydrogen) atoms. The van der Waals surface area contributed by atoms with E-state index in [-0.39, 0.29) is 61.2 Å². The van der Waals surface area contributed by atoms with Crippen molar-refractivity contribution < 1.29 is 56.4 Å². The Morgan fingerprint density at radius 1 is 1.25 bits per heavy atom. The van der Waals surface area contributed by atoms with Gasteiger partial charge in [-0.15, -0.1) is 0 Å². The Morgan fingerprint density at radius 2 is 1.81 bits per heavy atom. The summed E-state index contributed by atoms with van der Waals surface area (Å²) < 4.78 is 0.163. The summed E-state index contributed by atoms with van der Waals surface area (Å²) in [6.07, 6.45) is 6.41. The third kappa shape index (κ3) is 2.38. The van der Waals surface area contributed by atoms with Crippen LogP contribution in [0, 0.1) is 22.0 Å². The van der Waals surface area contributed by atoms with Crippen molar-refractivity contribution in [1.82, 2.24) is 0 Å². The van der Waals surface area contributed by atoms with Gasteiger partial charge in [-0.05, 0) is 42.6 Å². The molecule has 0 aromatic rings. The average Bonchev–Trinajstić information content (AvgIpc) is 1.94. The van der Waals surface area contributed by atoms with E-state index in [2.05, 4.69) is 21.4 Å². The van der Waals surface area contributed by atoms with Gasteiger partial charge in [0.2, 0.25) is 0 Å². The molecule has 2 unspecified atom stereocenters. The maximum Gasteiger partial charge on any atom is 1.00 e. The second-order valence-electron chi connectivity index (χ2n) is 5.67. The van der Waals surface area contributed by atoms with Gasteiger partial charge in [-0.3, -0.25) is 10.1 Å². The minimum atomic E-state index is -0.469. The van der Waals surface area contributed by atoms with Crippen molar-refractivity contribution in [1.29, 1.82) is 0 Å². The van der Waals surface area contributed by atoms with Crippen molar-refractivity contribution in [3.8, 4) is 0 Å². The number of nitro groups is 1. The molecule has 0 aliphatic heterocycles. The van der Waals surface area contributed by atoms with Crippen molar-refractivity contribution >= 4 is 15.9 Å². The zero-order valence-corrected chi connectivity index (χ0v) is 14.2. The topological polar surface area (TPSA) is 57.2 Å². The summed E-state index contributed by atoms with van der Waals surface area (Å²) in [5.74, 6) is 1.32. The molecule has 4 aliphatic rings. The largest absolute Gasteiger partial charge is 1.00 e. The zero-order chi connectivity index (χ0) is 10.7. The van der Waals surface area contributed by atoms with Crippen molar-refractivity contribution in [3.05, 3.63) is 15.5 Å². The minimum absolute atomic E-state index is 0. The van der Waals surface area contributed by atoms with Crippen LogP contribution in [0.15, 0.2) is 0 Å². The maximum atomic E-state index is 10.6. The van der Waals surface area contributed by atoms with Gasteiger partial charge in [-0.2, -0.15) is 0 Å². The first-order valence-electron chi connectivity index (χ1n) is 5.55. The quantitative estimate of drug-likeness (QED) is 0.313. The summed E-state index contributed by atoms with van der Waals surface area (Å²) in [7, 11) is 0. The Balaban J connectivity index is 0.000000963. The van der Waals surface area contributed by atoms with Crippen LogP contribution in [0.25, 0.3) is 5.43 Å². The van der Waals surface area contributed by atoms with E-state index in [1.54, 1.807) is 0 Å². The van der Waals surface area contributed by atoms with Crippen LogP contribution in [0.5, 0.6) is 0 Å². The number of halogens is 1. The molecule has 4 nitrogen and oxygen atoms in total. The van der Waals surface area contributed by atoms with Crippen LogP contribution in [0.3, 0.4) is 0 Å². The fraction of sp³-hybridized carbons (Fsp3) is 1.00. The smallest absolute Gasteiger partial charge is 0.372 e. The molecule has 0 spiro atoms. The minimum Gasteiger partial charge on any atom is -0.372 e. The first kappa shape index (κ1) is 13.7. The third-order valence-electron chi connectivity index (χ3n) is 4.25. The molecule has 0 heterocycles. The van der Waals surface area contributed by atoms with Crippen LogP contribution in [0.1, 0.15) is 38.5 Å². The van der Waals surface area contributed by atoms with Crippen LogP contribution in [0.2, 0.25) is 0 Å². The molecule has 4 rings (SSSR count). The molecule has 4 aliphatic carbocycles. The Bertz CT molecular complexity index is 312. The number of nitrogens with zero attached hydrogens (tertiary/aromatic N) is 2. The molecule has 4 atom stereocenters. The zero-order valence-electron chi connectivity index (χ0n) is 9.49. The van der Waals surface area contributed by atoms with Gasteiger partial charge >= 0.3 is 51.4 Å².